The van der Waals surface area contributed by atoms with Crippen molar-refractivity contribution in [3.05, 3.63) is 35.9 Å². The highest BCUT2D eigenvalue weighted by molar-refractivity contribution is 6.03. The van der Waals surface area contributed by atoms with E-state index < -0.39 is 5.91 Å². The van der Waals surface area contributed by atoms with Gasteiger partial charge in [-0.25, -0.2) is 0 Å². The summed E-state index contributed by atoms with van der Waals surface area (Å²) in [5.74, 6) is 0.137. The maximum absolute atomic E-state index is 11.5. The van der Waals surface area contributed by atoms with Crippen molar-refractivity contribution in [2.24, 2.45) is 5.73 Å². The monoisotopic (exact) mass is 230 g/mol. The molecule has 2 aromatic rings. The molecule has 1 aromatic carbocycles. The van der Waals surface area contributed by atoms with Crippen LogP contribution in [0.4, 0.5) is 5.82 Å². The molecule has 3 N–H and O–H groups in total. The zero-order valence-corrected chi connectivity index (χ0v) is 9.77. The minimum atomic E-state index is -0.485. The first-order valence-corrected chi connectivity index (χ1v) is 5.22. The molecule has 0 radical (unpaired) electrons. The van der Waals surface area contributed by atoms with Crippen LogP contribution in [0.3, 0.4) is 0 Å². The molecule has 0 aliphatic rings. The number of hydrogen-bond acceptors (Lipinski definition) is 3. The van der Waals surface area contributed by atoms with Gasteiger partial charge in [0.15, 0.2) is 0 Å². The SMILES string of the molecule is CN(C)c1[nH]nc(-c2ccccc2)c1C(N)=O. The van der Waals surface area contributed by atoms with E-state index in [9.17, 15) is 4.79 Å². The summed E-state index contributed by atoms with van der Waals surface area (Å²) in [6, 6.07) is 9.48. The van der Waals surface area contributed by atoms with Crippen molar-refractivity contribution < 1.29 is 4.79 Å². The fraction of sp³-hybridized carbons (Fsp3) is 0.167. The van der Waals surface area contributed by atoms with Gasteiger partial charge in [0.2, 0.25) is 0 Å². The molecule has 0 atom stereocenters. The summed E-state index contributed by atoms with van der Waals surface area (Å²) in [5, 5.41) is 6.99. The molecule has 0 spiro atoms. The Labute approximate surface area is 99.2 Å². The highest BCUT2D eigenvalue weighted by atomic mass is 16.1. The minimum Gasteiger partial charge on any atom is -0.365 e. The van der Waals surface area contributed by atoms with Crippen molar-refractivity contribution in [2.45, 2.75) is 0 Å². The number of aromatic nitrogens is 2. The number of nitrogens with two attached hydrogens (primary N) is 1. The number of aromatic amines is 1. The molecule has 0 fully saturated rings. The number of nitrogens with zero attached hydrogens (tertiary/aromatic N) is 2. The van der Waals surface area contributed by atoms with Crippen LogP contribution in [-0.4, -0.2) is 30.2 Å². The molecule has 0 aliphatic heterocycles. The second-order valence-electron chi connectivity index (χ2n) is 3.92. The molecule has 0 bridgehead atoms. The van der Waals surface area contributed by atoms with Gasteiger partial charge in [0.1, 0.15) is 17.1 Å². The van der Waals surface area contributed by atoms with Gasteiger partial charge in [-0.1, -0.05) is 30.3 Å². The van der Waals surface area contributed by atoms with Gasteiger partial charge in [-0.05, 0) is 0 Å². The van der Waals surface area contributed by atoms with Crippen molar-refractivity contribution in [1.29, 1.82) is 0 Å². The smallest absolute Gasteiger partial charge is 0.254 e. The third kappa shape index (κ3) is 1.99. The summed E-state index contributed by atoms with van der Waals surface area (Å²) < 4.78 is 0. The molecule has 0 aliphatic carbocycles. The van der Waals surface area contributed by atoms with Crippen LogP contribution in [0, 0.1) is 0 Å². The number of primary amides is 1. The largest absolute Gasteiger partial charge is 0.365 e. The summed E-state index contributed by atoms with van der Waals surface area (Å²) in [6.07, 6.45) is 0. The van der Waals surface area contributed by atoms with E-state index in [0.29, 0.717) is 17.1 Å². The van der Waals surface area contributed by atoms with Gasteiger partial charge in [-0.3, -0.25) is 9.89 Å². The molecule has 2 rings (SSSR count). The van der Waals surface area contributed by atoms with Crippen molar-refractivity contribution in [3.63, 3.8) is 0 Å². The fourth-order valence-corrected chi connectivity index (χ4v) is 1.69. The standard InChI is InChI=1S/C12H14N4O/c1-16(2)12-9(11(13)17)10(14-15-12)8-6-4-3-5-7-8/h3-7H,1-2H3,(H2,13,17)(H,14,15). The van der Waals surface area contributed by atoms with Crippen LogP contribution in [0.5, 0.6) is 0 Å². The molecule has 88 valence electrons. The van der Waals surface area contributed by atoms with E-state index >= 15 is 0 Å². The predicted molar refractivity (Wildman–Crippen MR) is 66.9 cm³/mol. The van der Waals surface area contributed by atoms with Crippen LogP contribution in [-0.2, 0) is 0 Å². The number of anilines is 1. The third-order valence-electron chi connectivity index (χ3n) is 2.49. The van der Waals surface area contributed by atoms with E-state index in [1.807, 2.05) is 44.4 Å². The lowest BCUT2D eigenvalue weighted by Crippen LogP contribution is -2.18. The molecule has 5 nitrogen and oxygen atoms in total. The molecule has 17 heavy (non-hydrogen) atoms. The van der Waals surface area contributed by atoms with Gasteiger partial charge in [-0.15, -0.1) is 0 Å². The number of amides is 1. The van der Waals surface area contributed by atoms with Crippen LogP contribution < -0.4 is 10.6 Å². The van der Waals surface area contributed by atoms with Gasteiger partial charge in [-0.2, -0.15) is 5.10 Å². The summed E-state index contributed by atoms with van der Waals surface area (Å²) in [7, 11) is 3.66. The molecule has 5 heteroatoms. The maximum Gasteiger partial charge on any atom is 0.254 e. The van der Waals surface area contributed by atoms with Gasteiger partial charge in [0, 0.05) is 19.7 Å². The van der Waals surface area contributed by atoms with Crippen LogP contribution in [0.15, 0.2) is 30.3 Å². The van der Waals surface area contributed by atoms with E-state index in [2.05, 4.69) is 10.2 Å². The number of carbonyl (C=O) groups is 1. The molecule has 0 saturated carbocycles. The number of carbonyl (C=O) groups excluding carboxylic acids is 1. The number of benzene rings is 1. The lowest BCUT2D eigenvalue weighted by Gasteiger charge is -2.10. The number of nitrogens with one attached hydrogen (secondary N) is 1. The second kappa shape index (κ2) is 4.29. The van der Waals surface area contributed by atoms with Crippen LogP contribution in [0.1, 0.15) is 10.4 Å². The minimum absolute atomic E-state index is 0.418. The van der Waals surface area contributed by atoms with Gasteiger partial charge < -0.3 is 10.6 Å². The van der Waals surface area contributed by atoms with Crippen molar-refractivity contribution >= 4 is 11.7 Å². The average molecular weight is 230 g/mol. The van der Waals surface area contributed by atoms with E-state index in [1.165, 1.54) is 0 Å². The topological polar surface area (TPSA) is 75.0 Å². The molecular weight excluding hydrogens is 216 g/mol. The molecule has 1 heterocycles. The normalized spacial score (nSPS) is 10.2. The molecule has 0 saturated heterocycles. The Morgan fingerprint density at radius 2 is 1.94 bits per heavy atom. The summed E-state index contributed by atoms with van der Waals surface area (Å²) in [4.78, 5) is 13.3. The highest BCUT2D eigenvalue weighted by Gasteiger charge is 2.20. The third-order valence-corrected chi connectivity index (χ3v) is 2.49. The molecule has 1 amide bonds. The van der Waals surface area contributed by atoms with E-state index in [1.54, 1.807) is 4.90 Å². The van der Waals surface area contributed by atoms with Crippen LogP contribution in [0.2, 0.25) is 0 Å². The first kappa shape index (κ1) is 11.2. The maximum atomic E-state index is 11.5. The van der Waals surface area contributed by atoms with E-state index in [4.69, 9.17) is 5.73 Å². The van der Waals surface area contributed by atoms with Gasteiger partial charge >= 0.3 is 0 Å². The molecule has 0 unspecified atom stereocenters. The Hall–Kier alpha value is -2.30. The molecular formula is C12H14N4O. The Kier molecular flexibility index (Phi) is 2.82. The zero-order chi connectivity index (χ0) is 12.4. The number of H-pyrrole nitrogens is 1. The Bertz CT molecular complexity index is 531. The van der Waals surface area contributed by atoms with Crippen molar-refractivity contribution in [3.8, 4) is 11.3 Å². The van der Waals surface area contributed by atoms with Crippen LogP contribution >= 0.6 is 0 Å². The van der Waals surface area contributed by atoms with E-state index in [-0.39, 0.29) is 0 Å². The first-order valence-electron chi connectivity index (χ1n) is 5.22. The highest BCUT2D eigenvalue weighted by Crippen LogP contribution is 2.27. The first-order chi connectivity index (χ1) is 8.11. The van der Waals surface area contributed by atoms with Crippen LogP contribution in [0.25, 0.3) is 11.3 Å². The summed E-state index contributed by atoms with van der Waals surface area (Å²) in [5.41, 5.74) is 7.28. The second-order valence-corrected chi connectivity index (χ2v) is 3.92. The van der Waals surface area contributed by atoms with Gasteiger partial charge in [0.05, 0.1) is 0 Å². The lowest BCUT2D eigenvalue weighted by atomic mass is 10.1. The van der Waals surface area contributed by atoms with Crippen molar-refractivity contribution in [1.82, 2.24) is 10.2 Å². The Morgan fingerprint density at radius 1 is 1.29 bits per heavy atom. The summed E-state index contributed by atoms with van der Waals surface area (Å²) >= 11 is 0. The van der Waals surface area contributed by atoms with Crippen molar-refractivity contribution in [2.75, 3.05) is 19.0 Å². The van der Waals surface area contributed by atoms with E-state index in [0.717, 1.165) is 5.56 Å². The Morgan fingerprint density at radius 3 is 2.47 bits per heavy atom. The quantitative estimate of drug-likeness (QED) is 0.833. The zero-order valence-electron chi connectivity index (χ0n) is 9.77. The lowest BCUT2D eigenvalue weighted by molar-refractivity contribution is 0.100. The number of hydrogen-bond donors (Lipinski definition) is 2. The average Bonchev–Trinajstić information content (AvgIpc) is 2.74. The molecule has 1 aromatic heterocycles. The fourth-order valence-electron chi connectivity index (χ4n) is 1.69. The van der Waals surface area contributed by atoms with Gasteiger partial charge in [0.25, 0.3) is 5.91 Å². The predicted octanol–water partition coefficient (Wildman–Crippen LogP) is 1.24. The Balaban J connectivity index is 2.60. The number of rotatable bonds is 3. The summed E-state index contributed by atoms with van der Waals surface area (Å²) in [6.45, 7) is 0.